The summed E-state index contributed by atoms with van der Waals surface area (Å²) in [5.74, 6) is 0.997. The largest absolute Gasteiger partial charge is 0.343 e. The summed E-state index contributed by atoms with van der Waals surface area (Å²) in [4.78, 5) is 9.72. The van der Waals surface area contributed by atoms with Gasteiger partial charge in [0.1, 0.15) is 0 Å². The highest BCUT2D eigenvalue weighted by Gasteiger charge is 2.03. The van der Waals surface area contributed by atoms with Gasteiger partial charge in [0, 0.05) is 5.92 Å². The average Bonchev–Trinajstić information content (AvgIpc) is 1.67. The van der Waals surface area contributed by atoms with Crippen LogP contribution in [0.2, 0.25) is 0 Å². The molecule has 0 saturated heterocycles. The minimum Gasteiger partial charge on any atom is -0.343 e. The summed E-state index contributed by atoms with van der Waals surface area (Å²) in [6.07, 6.45) is 0.310. The summed E-state index contributed by atoms with van der Waals surface area (Å²) < 4.78 is 0. The molecule has 0 aliphatic rings. The molecule has 1 unspecified atom stereocenters. The second-order valence-electron chi connectivity index (χ2n) is 1.84. The second kappa shape index (κ2) is 3.43. The molecule has 0 aromatic heterocycles. The SMILES string of the molecule is C[C](C)C(N)NC=O. The zero-order chi connectivity index (χ0) is 6.57. The molecule has 3 nitrogen and oxygen atoms in total. The number of carbonyl (C=O) groups is 1. The number of amides is 1. The van der Waals surface area contributed by atoms with Crippen molar-refractivity contribution >= 4 is 6.41 Å². The van der Waals surface area contributed by atoms with E-state index in [-0.39, 0.29) is 6.17 Å². The second-order valence-corrected chi connectivity index (χ2v) is 1.84. The number of nitrogens with two attached hydrogens (primary N) is 1. The van der Waals surface area contributed by atoms with Crippen molar-refractivity contribution in [3.8, 4) is 0 Å². The molecule has 0 aromatic carbocycles. The third kappa shape index (κ3) is 2.58. The Balaban J connectivity index is 3.30. The molecule has 3 N–H and O–H groups in total. The van der Waals surface area contributed by atoms with Gasteiger partial charge in [-0.3, -0.25) is 4.79 Å². The van der Waals surface area contributed by atoms with Crippen molar-refractivity contribution in [2.24, 2.45) is 5.73 Å². The number of carbonyl (C=O) groups excluding carboxylic acids is 1. The van der Waals surface area contributed by atoms with E-state index in [1.807, 2.05) is 13.8 Å². The highest BCUT2D eigenvalue weighted by Crippen LogP contribution is 1.94. The van der Waals surface area contributed by atoms with Crippen molar-refractivity contribution in [3.63, 3.8) is 0 Å². The summed E-state index contributed by atoms with van der Waals surface area (Å²) in [6, 6.07) is 0. The molecular formula is C5H11N2O. The molecule has 3 heteroatoms. The van der Waals surface area contributed by atoms with E-state index >= 15 is 0 Å². The van der Waals surface area contributed by atoms with Gasteiger partial charge in [-0.05, 0) is 0 Å². The maximum absolute atomic E-state index is 9.72. The van der Waals surface area contributed by atoms with Crippen LogP contribution >= 0.6 is 0 Å². The van der Waals surface area contributed by atoms with E-state index in [9.17, 15) is 4.79 Å². The van der Waals surface area contributed by atoms with Crippen LogP contribution in [0.15, 0.2) is 0 Å². The Kier molecular flexibility index (Phi) is 3.19. The molecular weight excluding hydrogens is 104 g/mol. The van der Waals surface area contributed by atoms with Gasteiger partial charge in [0.25, 0.3) is 0 Å². The van der Waals surface area contributed by atoms with Gasteiger partial charge < -0.3 is 11.1 Å². The van der Waals surface area contributed by atoms with Crippen LogP contribution in [0.1, 0.15) is 13.8 Å². The molecule has 1 amide bonds. The summed E-state index contributed by atoms with van der Waals surface area (Å²) in [7, 11) is 0. The van der Waals surface area contributed by atoms with Crippen LogP contribution in [-0.4, -0.2) is 12.6 Å². The van der Waals surface area contributed by atoms with Gasteiger partial charge in [0.05, 0.1) is 6.17 Å². The molecule has 1 atom stereocenters. The van der Waals surface area contributed by atoms with Gasteiger partial charge in [-0.25, -0.2) is 0 Å². The Morgan fingerprint density at radius 2 is 2.25 bits per heavy atom. The van der Waals surface area contributed by atoms with Gasteiger partial charge >= 0.3 is 0 Å². The van der Waals surface area contributed by atoms with E-state index < -0.39 is 0 Å². The van der Waals surface area contributed by atoms with Gasteiger partial charge in [-0.15, -0.1) is 0 Å². The number of rotatable bonds is 3. The summed E-state index contributed by atoms with van der Waals surface area (Å²) >= 11 is 0. The molecule has 0 spiro atoms. The first-order chi connectivity index (χ1) is 3.68. The molecule has 0 saturated carbocycles. The minimum absolute atomic E-state index is 0.285. The van der Waals surface area contributed by atoms with Gasteiger partial charge in [-0.1, -0.05) is 13.8 Å². The van der Waals surface area contributed by atoms with Crippen LogP contribution < -0.4 is 11.1 Å². The zero-order valence-electron chi connectivity index (χ0n) is 5.14. The summed E-state index contributed by atoms with van der Waals surface area (Å²) in [5, 5.41) is 2.41. The lowest BCUT2D eigenvalue weighted by Crippen LogP contribution is -2.39. The monoisotopic (exact) mass is 115 g/mol. The Labute approximate surface area is 49.3 Å². The first kappa shape index (κ1) is 7.43. The molecule has 0 heterocycles. The van der Waals surface area contributed by atoms with E-state index in [2.05, 4.69) is 5.32 Å². The molecule has 0 aliphatic heterocycles. The van der Waals surface area contributed by atoms with Gasteiger partial charge in [0.15, 0.2) is 0 Å². The van der Waals surface area contributed by atoms with Crippen molar-refractivity contribution in [3.05, 3.63) is 5.92 Å². The average molecular weight is 115 g/mol. The molecule has 0 rings (SSSR count). The van der Waals surface area contributed by atoms with Crippen LogP contribution in [0.25, 0.3) is 0 Å². The standard InChI is InChI=1S/C5H11N2O/c1-4(2)5(6)7-3-8/h3,5H,6H2,1-2H3,(H,7,8). The van der Waals surface area contributed by atoms with Crippen molar-refractivity contribution in [1.29, 1.82) is 0 Å². The van der Waals surface area contributed by atoms with Crippen LogP contribution in [-0.2, 0) is 4.79 Å². The first-order valence-electron chi connectivity index (χ1n) is 2.44. The van der Waals surface area contributed by atoms with Crippen LogP contribution in [0.3, 0.4) is 0 Å². The molecule has 0 bridgehead atoms. The summed E-state index contributed by atoms with van der Waals surface area (Å²) in [5.41, 5.74) is 5.35. The molecule has 0 fully saturated rings. The lowest BCUT2D eigenvalue weighted by molar-refractivity contribution is -0.110. The van der Waals surface area contributed by atoms with Gasteiger partial charge in [-0.2, -0.15) is 0 Å². The lowest BCUT2D eigenvalue weighted by atomic mass is 10.2. The fourth-order valence-corrected chi connectivity index (χ4v) is 0.240. The maximum atomic E-state index is 9.72. The molecule has 47 valence electrons. The topological polar surface area (TPSA) is 55.1 Å². The van der Waals surface area contributed by atoms with E-state index in [0.717, 1.165) is 5.92 Å². The third-order valence-corrected chi connectivity index (χ3v) is 0.870. The minimum atomic E-state index is -0.285. The van der Waals surface area contributed by atoms with Crippen LogP contribution in [0.5, 0.6) is 0 Å². The molecule has 1 radical (unpaired) electrons. The van der Waals surface area contributed by atoms with Crippen molar-refractivity contribution in [2.75, 3.05) is 0 Å². The third-order valence-electron chi connectivity index (χ3n) is 0.870. The maximum Gasteiger partial charge on any atom is 0.208 e. The molecule has 8 heavy (non-hydrogen) atoms. The van der Waals surface area contributed by atoms with Crippen molar-refractivity contribution in [1.82, 2.24) is 5.32 Å². The number of hydrogen-bond donors (Lipinski definition) is 2. The van der Waals surface area contributed by atoms with Crippen molar-refractivity contribution in [2.45, 2.75) is 20.0 Å². The fourth-order valence-electron chi connectivity index (χ4n) is 0.240. The zero-order valence-corrected chi connectivity index (χ0v) is 5.14. The van der Waals surface area contributed by atoms with Gasteiger partial charge in [0.2, 0.25) is 6.41 Å². The highest BCUT2D eigenvalue weighted by atomic mass is 16.1. The first-order valence-corrected chi connectivity index (χ1v) is 2.44. The predicted molar refractivity (Wildman–Crippen MR) is 31.8 cm³/mol. The molecule has 0 aromatic rings. The van der Waals surface area contributed by atoms with E-state index in [0.29, 0.717) is 6.41 Å². The predicted octanol–water partition coefficient (Wildman–Crippen LogP) is -0.369. The highest BCUT2D eigenvalue weighted by molar-refractivity contribution is 5.47. The normalized spacial score (nSPS) is 13.5. The Morgan fingerprint density at radius 1 is 1.75 bits per heavy atom. The van der Waals surface area contributed by atoms with Crippen LogP contribution in [0.4, 0.5) is 0 Å². The lowest BCUT2D eigenvalue weighted by Gasteiger charge is -2.12. The Morgan fingerprint density at radius 3 is 2.38 bits per heavy atom. The fraction of sp³-hybridized carbons (Fsp3) is 0.600. The Bertz CT molecular complexity index is 72.8. The number of nitrogens with one attached hydrogen (secondary N) is 1. The quantitative estimate of drug-likeness (QED) is 0.389. The van der Waals surface area contributed by atoms with E-state index in [4.69, 9.17) is 5.73 Å². The summed E-state index contributed by atoms with van der Waals surface area (Å²) in [6.45, 7) is 3.72. The van der Waals surface area contributed by atoms with Crippen molar-refractivity contribution < 1.29 is 4.79 Å². The van der Waals surface area contributed by atoms with E-state index in [1.54, 1.807) is 0 Å². The Hall–Kier alpha value is -0.570. The van der Waals surface area contributed by atoms with Crippen LogP contribution in [0, 0.1) is 5.92 Å². The smallest absolute Gasteiger partial charge is 0.208 e. The molecule has 0 aliphatic carbocycles. The number of hydrogen-bond acceptors (Lipinski definition) is 2. The van der Waals surface area contributed by atoms with E-state index in [1.165, 1.54) is 0 Å².